The predicted octanol–water partition coefficient (Wildman–Crippen LogP) is 3.67. The molecule has 0 fully saturated rings. The van der Waals surface area contributed by atoms with E-state index in [4.69, 9.17) is 12.2 Å². The van der Waals surface area contributed by atoms with Gasteiger partial charge < -0.3 is 4.98 Å². The van der Waals surface area contributed by atoms with Gasteiger partial charge in [-0.15, -0.1) is 0 Å². The van der Waals surface area contributed by atoms with Crippen molar-refractivity contribution >= 4 is 23.1 Å². The molecule has 0 amide bonds. The highest BCUT2D eigenvalue weighted by atomic mass is 32.1. The molecule has 0 spiro atoms. The molecule has 0 unspecified atom stereocenters. The summed E-state index contributed by atoms with van der Waals surface area (Å²) in [5.41, 5.74) is 3.34. The lowest BCUT2D eigenvalue weighted by Crippen LogP contribution is -2.15. The van der Waals surface area contributed by atoms with Crippen molar-refractivity contribution < 1.29 is 0 Å². The van der Waals surface area contributed by atoms with E-state index in [1.165, 1.54) is 0 Å². The summed E-state index contributed by atoms with van der Waals surface area (Å²) in [4.78, 5) is 16.2. The molecule has 2 heterocycles. The van der Waals surface area contributed by atoms with Crippen molar-refractivity contribution in [3.05, 3.63) is 86.7 Å². The molecule has 0 saturated heterocycles. The van der Waals surface area contributed by atoms with E-state index in [0.717, 1.165) is 16.9 Å². The second-order valence-corrected chi connectivity index (χ2v) is 6.28. The van der Waals surface area contributed by atoms with Crippen molar-refractivity contribution in [1.82, 2.24) is 19.7 Å². The molecule has 2 aromatic heterocycles. The van der Waals surface area contributed by atoms with Gasteiger partial charge >= 0.3 is 0 Å². The Hall–Kier alpha value is -2.99. The highest BCUT2D eigenvalue weighted by Gasteiger charge is 2.15. The Bertz CT molecular complexity index is 1170. The number of hydrogen-bond acceptors (Lipinski definition) is 3. The van der Waals surface area contributed by atoms with Crippen LogP contribution in [0.2, 0.25) is 0 Å². The largest absolute Gasteiger partial charge is 0.358 e. The molecule has 5 nitrogen and oxygen atoms in total. The zero-order valence-corrected chi connectivity index (χ0v) is 14.4. The van der Waals surface area contributed by atoms with E-state index in [1.54, 1.807) is 0 Å². The van der Waals surface area contributed by atoms with Crippen LogP contribution in [0.3, 0.4) is 0 Å². The van der Waals surface area contributed by atoms with Gasteiger partial charge in [-0.25, -0.2) is 0 Å². The number of H-pyrrole nitrogens is 2. The first-order valence-corrected chi connectivity index (χ1v) is 8.38. The number of rotatable bonds is 3. The van der Waals surface area contributed by atoms with Gasteiger partial charge in [0.2, 0.25) is 0 Å². The molecule has 0 aliphatic heterocycles. The first kappa shape index (κ1) is 15.5. The lowest BCUT2D eigenvalue weighted by molar-refractivity contribution is 0.889. The van der Waals surface area contributed by atoms with Crippen LogP contribution in [0.1, 0.15) is 17.1 Å². The minimum absolute atomic E-state index is 0.0281. The molecule has 0 saturated carbocycles. The van der Waals surface area contributed by atoms with Crippen molar-refractivity contribution in [2.24, 2.45) is 0 Å². The number of para-hydroxylation sites is 2. The van der Waals surface area contributed by atoms with Gasteiger partial charge in [0, 0.05) is 34.3 Å². The van der Waals surface area contributed by atoms with Gasteiger partial charge in [0.15, 0.2) is 10.2 Å². The molecule has 4 rings (SSSR count). The van der Waals surface area contributed by atoms with E-state index in [0.29, 0.717) is 28.0 Å². The van der Waals surface area contributed by atoms with Gasteiger partial charge in [0.1, 0.15) is 5.82 Å². The van der Waals surface area contributed by atoms with Crippen LogP contribution >= 0.6 is 12.2 Å². The Morgan fingerprint density at radius 3 is 2.60 bits per heavy atom. The van der Waals surface area contributed by atoms with Gasteiger partial charge in [-0.2, -0.15) is 5.10 Å². The molecule has 2 aromatic carbocycles. The SMILES string of the molecule is Cc1[nH]c2ccccc2c(=O)c1Cc1n[nH]c(=S)n1-c1ccccc1. The maximum Gasteiger partial charge on any atom is 0.199 e. The van der Waals surface area contributed by atoms with Gasteiger partial charge in [-0.3, -0.25) is 14.5 Å². The number of pyridine rings is 1. The minimum atomic E-state index is 0.0281. The number of nitrogens with one attached hydrogen (secondary N) is 2. The summed E-state index contributed by atoms with van der Waals surface area (Å²) in [7, 11) is 0. The maximum atomic E-state index is 12.9. The standard InChI is InChI=1S/C19H16N4OS/c1-12-15(18(24)14-9-5-6-10-16(14)20-12)11-17-21-22-19(25)23(17)13-7-3-2-4-8-13/h2-10H,11H2,1H3,(H,20,24)(H,22,25). The quantitative estimate of drug-likeness (QED) is 0.555. The van der Waals surface area contributed by atoms with Crippen molar-refractivity contribution in [3.63, 3.8) is 0 Å². The summed E-state index contributed by atoms with van der Waals surface area (Å²) < 4.78 is 2.37. The Balaban J connectivity index is 1.87. The Morgan fingerprint density at radius 2 is 1.80 bits per heavy atom. The molecule has 0 bridgehead atoms. The smallest absolute Gasteiger partial charge is 0.199 e. The fourth-order valence-electron chi connectivity index (χ4n) is 3.06. The molecule has 0 atom stereocenters. The molecule has 0 aliphatic carbocycles. The molecule has 25 heavy (non-hydrogen) atoms. The maximum absolute atomic E-state index is 12.9. The van der Waals surface area contributed by atoms with Gasteiger partial charge in [0.05, 0.1) is 0 Å². The van der Waals surface area contributed by atoms with Crippen molar-refractivity contribution in [2.75, 3.05) is 0 Å². The van der Waals surface area contributed by atoms with Crippen LogP contribution in [0.25, 0.3) is 16.6 Å². The third-order valence-corrected chi connectivity index (χ3v) is 4.59. The third-order valence-electron chi connectivity index (χ3n) is 4.31. The number of nitrogens with zero attached hydrogens (tertiary/aromatic N) is 2. The molecule has 2 N–H and O–H groups in total. The Kier molecular flexibility index (Phi) is 3.82. The fraction of sp³-hybridized carbons (Fsp3) is 0.105. The van der Waals surface area contributed by atoms with Crippen LogP contribution in [-0.2, 0) is 6.42 Å². The summed E-state index contributed by atoms with van der Waals surface area (Å²) in [6, 6.07) is 17.3. The van der Waals surface area contributed by atoms with Gasteiger partial charge in [0.25, 0.3) is 0 Å². The van der Waals surface area contributed by atoms with E-state index >= 15 is 0 Å². The topological polar surface area (TPSA) is 66.5 Å². The molecule has 0 aliphatic rings. The number of aryl methyl sites for hydroxylation is 1. The van der Waals surface area contributed by atoms with E-state index in [9.17, 15) is 4.79 Å². The van der Waals surface area contributed by atoms with Crippen molar-refractivity contribution in [3.8, 4) is 5.69 Å². The molecular formula is C19H16N4OS. The second-order valence-electron chi connectivity index (χ2n) is 5.90. The van der Waals surface area contributed by atoms with Crippen molar-refractivity contribution in [2.45, 2.75) is 13.3 Å². The van der Waals surface area contributed by atoms with Crippen LogP contribution in [0, 0.1) is 11.7 Å². The molecule has 6 heteroatoms. The molecule has 0 radical (unpaired) electrons. The van der Waals surface area contributed by atoms with Crippen LogP contribution in [0.15, 0.2) is 59.4 Å². The van der Waals surface area contributed by atoms with Crippen molar-refractivity contribution in [1.29, 1.82) is 0 Å². The summed E-state index contributed by atoms with van der Waals surface area (Å²) in [5.74, 6) is 0.708. The van der Waals surface area contributed by atoms with Crippen LogP contribution in [0.5, 0.6) is 0 Å². The van der Waals surface area contributed by atoms with Crippen LogP contribution in [0.4, 0.5) is 0 Å². The van der Waals surface area contributed by atoms with Crippen LogP contribution in [-0.4, -0.2) is 19.7 Å². The number of fused-ring (bicyclic) bond motifs is 1. The first-order valence-electron chi connectivity index (χ1n) is 7.97. The lowest BCUT2D eigenvalue weighted by Gasteiger charge is -2.10. The monoisotopic (exact) mass is 348 g/mol. The minimum Gasteiger partial charge on any atom is -0.358 e. The first-order chi connectivity index (χ1) is 12.1. The number of aromatic nitrogens is 4. The summed E-state index contributed by atoms with van der Waals surface area (Å²) in [5, 5.41) is 7.86. The fourth-order valence-corrected chi connectivity index (χ4v) is 3.32. The predicted molar refractivity (Wildman–Crippen MR) is 101 cm³/mol. The van der Waals surface area contributed by atoms with Gasteiger partial charge in [-0.1, -0.05) is 30.3 Å². The normalized spacial score (nSPS) is 11.1. The third kappa shape index (κ3) is 2.70. The molecular weight excluding hydrogens is 332 g/mol. The average molecular weight is 348 g/mol. The number of benzene rings is 2. The zero-order chi connectivity index (χ0) is 17.4. The van der Waals surface area contributed by atoms with Crippen LogP contribution < -0.4 is 5.43 Å². The molecule has 124 valence electrons. The number of hydrogen-bond donors (Lipinski definition) is 2. The average Bonchev–Trinajstić information content (AvgIpc) is 3.00. The number of aromatic amines is 2. The van der Waals surface area contributed by atoms with E-state index in [2.05, 4.69) is 15.2 Å². The molecule has 4 aromatic rings. The van der Waals surface area contributed by atoms with E-state index in [1.807, 2.05) is 66.1 Å². The highest BCUT2D eigenvalue weighted by Crippen LogP contribution is 2.16. The van der Waals surface area contributed by atoms with E-state index < -0.39 is 0 Å². The highest BCUT2D eigenvalue weighted by molar-refractivity contribution is 7.71. The van der Waals surface area contributed by atoms with E-state index in [-0.39, 0.29) is 5.43 Å². The van der Waals surface area contributed by atoms with Gasteiger partial charge in [-0.05, 0) is 43.4 Å². The Morgan fingerprint density at radius 1 is 1.08 bits per heavy atom. The summed E-state index contributed by atoms with van der Waals surface area (Å²) >= 11 is 5.37. The second kappa shape index (κ2) is 6.14. The lowest BCUT2D eigenvalue weighted by atomic mass is 10.1. The summed E-state index contributed by atoms with van der Waals surface area (Å²) in [6.07, 6.45) is 0.397. The summed E-state index contributed by atoms with van der Waals surface area (Å²) in [6.45, 7) is 1.91. The zero-order valence-electron chi connectivity index (χ0n) is 13.6. The Labute approximate surface area is 149 Å².